The summed E-state index contributed by atoms with van der Waals surface area (Å²) in [4.78, 5) is 12.6. The van der Waals surface area contributed by atoms with Crippen molar-refractivity contribution in [3.05, 3.63) is 94.0 Å². The molecule has 3 aromatic rings. The summed E-state index contributed by atoms with van der Waals surface area (Å²) in [6.45, 7) is 2.84. The van der Waals surface area contributed by atoms with E-state index in [9.17, 15) is 4.79 Å². The molecule has 5 nitrogen and oxygen atoms in total. The van der Waals surface area contributed by atoms with Crippen LogP contribution in [0.25, 0.3) is 0 Å². The third-order valence-electron chi connectivity index (χ3n) is 4.01. The number of halogens is 1. The SMILES string of the molecule is CCOc1ccc(Br)cc1/C=N\NC(=O)c1ccccc1OCc1ccccc1. The Labute approximate surface area is 178 Å². The van der Waals surface area contributed by atoms with Crippen LogP contribution in [0.1, 0.15) is 28.4 Å². The number of hydrogen-bond donors (Lipinski definition) is 1. The maximum Gasteiger partial charge on any atom is 0.275 e. The molecule has 1 amide bonds. The Morgan fingerprint density at radius 1 is 1.00 bits per heavy atom. The Hall–Kier alpha value is -3.12. The third kappa shape index (κ3) is 5.93. The minimum absolute atomic E-state index is 0.349. The fraction of sp³-hybridized carbons (Fsp3) is 0.130. The van der Waals surface area contributed by atoms with E-state index in [0.717, 1.165) is 15.6 Å². The molecule has 0 radical (unpaired) electrons. The lowest BCUT2D eigenvalue weighted by atomic mass is 10.2. The highest BCUT2D eigenvalue weighted by atomic mass is 79.9. The van der Waals surface area contributed by atoms with Crippen molar-refractivity contribution in [2.45, 2.75) is 13.5 Å². The lowest BCUT2D eigenvalue weighted by Gasteiger charge is -2.10. The number of nitrogens with zero attached hydrogens (tertiary/aromatic N) is 1. The molecule has 0 fully saturated rings. The molecule has 0 saturated heterocycles. The zero-order valence-electron chi connectivity index (χ0n) is 16.0. The first-order valence-electron chi connectivity index (χ1n) is 9.19. The van der Waals surface area contributed by atoms with Gasteiger partial charge in [0.25, 0.3) is 5.91 Å². The Balaban J connectivity index is 1.68. The fourth-order valence-corrected chi connectivity index (χ4v) is 3.02. The smallest absolute Gasteiger partial charge is 0.275 e. The number of amides is 1. The number of benzene rings is 3. The normalized spacial score (nSPS) is 10.7. The molecule has 1 N–H and O–H groups in total. The van der Waals surface area contributed by atoms with Gasteiger partial charge < -0.3 is 9.47 Å². The van der Waals surface area contributed by atoms with Crippen molar-refractivity contribution in [1.82, 2.24) is 5.43 Å². The molecule has 3 rings (SSSR count). The predicted molar refractivity (Wildman–Crippen MR) is 118 cm³/mol. The maximum absolute atomic E-state index is 12.6. The molecule has 0 aliphatic heterocycles. The minimum atomic E-state index is -0.349. The second kappa shape index (κ2) is 10.4. The van der Waals surface area contributed by atoms with Gasteiger partial charge in [-0.15, -0.1) is 0 Å². The van der Waals surface area contributed by atoms with Gasteiger partial charge in [-0.3, -0.25) is 4.79 Å². The monoisotopic (exact) mass is 452 g/mol. The Morgan fingerprint density at radius 2 is 1.76 bits per heavy atom. The largest absolute Gasteiger partial charge is 0.493 e. The predicted octanol–water partition coefficient (Wildman–Crippen LogP) is 5.19. The topological polar surface area (TPSA) is 59.9 Å². The van der Waals surface area contributed by atoms with Gasteiger partial charge in [0, 0.05) is 10.0 Å². The van der Waals surface area contributed by atoms with Crippen LogP contribution in [0.15, 0.2) is 82.4 Å². The van der Waals surface area contributed by atoms with Crippen molar-refractivity contribution in [3.8, 4) is 11.5 Å². The van der Waals surface area contributed by atoms with Crippen LogP contribution in [0.5, 0.6) is 11.5 Å². The number of carbonyl (C=O) groups excluding carboxylic acids is 1. The summed E-state index contributed by atoms with van der Waals surface area (Å²) in [6.07, 6.45) is 1.56. The zero-order chi connectivity index (χ0) is 20.5. The van der Waals surface area contributed by atoms with Crippen LogP contribution in [0.3, 0.4) is 0 Å². The molecule has 0 aliphatic carbocycles. The summed E-state index contributed by atoms with van der Waals surface area (Å²) in [7, 11) is 0. The summed E-state index contributed by atoms with van der Waals surface area (Å²) >= 11 is 3.43. The van der Waals surface area contributed by atoms with E-state index in [1.165, 1.54) is 0 Å². The van der Waals surface area contributed by atoms with Crippen molar-refractivity contribution in [1.29, 1.82) is 0 Å². The molecule has 3 aromatic carbocycles. The second-order valence-electron chi connectivity index (χ2n) is 6.08. The van der Waals surface area contributed by atoms with Gasteiger partial charge in [0.1, 0.15) is 18.1 Å². The summed E-state index contributed by atoms with van der Waals surface area (Å²) in [5.74, 6) is 0.847. The Morgan fingerprint density at radius 3 is 2.55 bits per heavy atom. The summed E-state index contributed by atoms with van der Waals surface area (Å²) in [5.41, 5.74) is 4.76. The highest BCUT2D eigenvalue weighted by Gasteiger charge is 2.11. The Kier molecular flexibility index (Phi) is 7.41. The van der Waals surface area contributed by atoms with Gasteiger partial charge in [0.2, 0.25) is 0 Å². The number of hydrazone groups is 1. The molecule has 0 atom stereocenters. The Bertz CT molecular complexity index is 990. The number of ether oxygens (including phenoxy) is 2. The molecule has 0 heterocycles. The van der Waals surface area contributed by atoms with Crippen LogP contribution >= 0.6 is 15.9 Å². The lowest BCUT2D eigenvalue weighted by Crippen LogP contribution is -2.18. The van der Waals surface area contributed by atoms with Crippen molar-refractivity contribution in [2.24, 2.45) is 5.10 Å². The van der Waals surface area contributed by atoms with E-state index in [0.29, 0.717) is 30.3 Å². The van der Waals surface area contributed by atoms with Crippen molar-refractivity contribution in [3.63, 3.8) is 0 Å². The average molecular weight is 453 g/mol. The third-order valence-corrected chi connectivity index (χ3v) is 4.50. The van der Waals surface area contributed by atoms with Gasteiger partial charge in [-0.25, -0.2) is 5.43 Å². The van der Waals surface area contributed by atoms with Crippen LogP contribution in [0.2, 0.25) is 0 Å². The van der Waals surface area contributed by atoms with Crippen molar-refractivity contribution >= 4 is 28.1 Å². The van der Waals surface area contributed by atoms with Crippen LogP contribution in [-0.2, 0) is 6.61 Å². The summed E-state index contributed by atoms with van der Waals surface area (Å²) in [6, 6.07) is 22.5. The number of para-hydroxylation sites is 1. The van der Waals surface area contributed by atoms with Gasteiger partial charge in [0.05, 0.1) is 18.4 Å². The first kappa shape index (κ1) is 20.6. The van der Waals surface area contributed by atoms with E-state index in [-0.39, 0.29) is 5.91 Å². The molecule has 29 heavy (non-hydrogen) atoms. The van der Waals surface area contributed by atoms with Crippen LogP contribution in [-0.4, -0.2) is 18.7 Å². The van der Waals surface area contributed by atoms with Gasteiger partial charge in [-0.05, 0) is 42.8 Å². The number of hydrogen-bond acceptors (Lipinski definition) is 4. The van der Waals surface area contributed by atoms with Crippen LogP contribution < -0.4 is 14.9 Å². The fourth-order valence-electron chi connectivity index (χ4n) is 2.64. The molecular weight excluding hydrogens is 432 g/mol. The molecule has 0 unspecified atom stereocenters. The summed E-state index contributed by atoms with van der Waals surface area (Å²) < 4.78 is 12.3. The number of rotatable bonds is 8. The van der Waals surface area contributed by atoms with E-state index < -0.39 is 0 Å². The standard InChI is InChI=1S/C23H21BrN2O3/c1-2-28-21-13-12-19(24)14-18(21)15-25-26-23(27)20-10-6-7-11-22(20)29-16-17-8-4-3-5-9-17/h3-15H,2,16H2,1H3,(H,26,27)/b25-15-. The van der Waals surface area contributed by atoms with Gasteiger partial charge in [-0.1, -0.05) is 58.4 Å². The van der Waals surface area contributed by atoms with Crippen LogP contribution in [0.4, 0.5) is 0 Å². The maximum atomic E-state index is 12.6. The van der Waals surface area contributed by atoms with E-state index in [4.69, 9.17) is 9.47 Å². The van der Waals surface area contributed by atoms with Gasteiger partial charge in [-0.2, -0.15) is 5.10 Å². The summed E-state index contributed by atoms with van der Waals surface area (Å²) in [5, 5.41) is 4.08. The number of nitrogens with one attached hydrogen (secondary N) is 1. The molecule has 0 spiro atoms. The van der Waals surface area contributed by atoms with E-state index >= 15 is 0 Å². The zero-order valence-corrected chi connectivity index (χ0v) is 17.6. The molecule has 0 saturated carbocycles. The molecule has 6 heteroatoms. The van der Waals surface area contributed by atoms with Crippen molar-refractivity contribution < 1.29 is 14.3 Å². The average Bonchev–Trinajstić information content (AvgIpc) is 2.75. The molecule has 0 bridgehead atoms. The van der Waals surface area contributed by atoms with E-state index in [1.54, 1.807) is 24.4 Å². The highest BCUT2D eigenvalue weighted by Crippen LogP contribution is 2.22. The molecular formula is C23H21BrN2O3. The minimum Gasteiger partial charge on any atom is -0.493 e. The van der Waals surface area contributed by atoms with E-state index in [2.05, 4.69) is 26.5 Å². The van der Waals surface area contributed by atoms with Crippen LogP contribution in [0, 0.1) is 0 Å². The van der Waals surface area contributed by atoms with Crippen molar-refractivity contribution in [2.75, 3.05) is 6.61 Å². The molecule has 0 aromatic heterocycles. The molecule has 0 aliphatic rings. The second-order valence-corrected chi connectivity index (χ2v) is 7.00. The first-order valence-corrected chi connectivity index (χ1v) is 9.98. The lowest BCUT2D eigenvalue weighted by molar-refractivity contribution is 0.0950. The quantitative estimate of drug-likeness (QED) is 0.377. The van der Waals surface area contributed by atoms with E-state index in [1.807, 2.05) is 61.5 Å². The number of carbonyl (C=O) groups is 1. The molecule has 148 valence electrons. The first-order chi connectivity index (χ1) is 14.2. The van der Waals surface area contributed by atoms with Gasteiger partial charge in [0.15, 0.2) is 0 Å². The van der Waals surface area contributed by atoms with Gasteiger partial charge >= 0.3 is 0 Å². The highest BCUT2D eigenvalue weighted by molar-refractivity contribution is 9.10.